The van der Waals surface area contributed by atoms with E-state index in [1.54, 1.807) is 23.5 Å². The molecule has 0 aliphatic carbocycles. The zero-order valence-electron chi connectivity index (χ0n) is 12.8. The molecule has 0 atom stereocenters. The summed E-state index contributed by atoms with van der Waals surface area (Å²) in [7, 11) is 0. The number of aromatic nitrogens is 1. The fraction of sp³-hybridized carbons (Fsp3) is 0. The lowest BCUT2D eigenvalue weighted by molar-refractivity contribution is 0.628. The van der Waals surface area contributed by atoms with Gasteiger partial charge in [-0.05, 0) is 29.3 Å². The highest BCUT2D eigenvalue weighted by Crippen LogP contribution is 2.31. The highest BCUT2D eigenvalue weighted by Gasteiger charge is 2.07. The Kier molecular flexibility index (Phi) is 3.93. The molecule has 0 radical (unpaired) electrons. The van der Waals surface area contributed by atoms with E-state index in [0.717, 1.165) is 33.0 Å². The third-order valence-corrected chi connectivity index (χ3v) is 4.75. The van der Waals surface area contributed by atoms with Gasteiger partial charge in [-0.1, -0.05) is 60.7 Å². The molecule has 1 heterocycles. The minimum atomic E-state index is -0.220. The molecule has 0 saturated carbocycles. The van der Waals surface area contributed by atoms with E-state index in [0.29, 0.717) is 0 Å². The van der Waals surface area contributed by atoms with Crippen LogP contribution in [0.4, 0.5) is 4.39 Å². The van der Waals surface area contributed by atoms with Crippen molar-refractivity contribution in [1.82, 2.24) is 4.98 Å². The third-order valence-electron chi connectivity index (χ3n) is 3.86. The Morgan fingerprint density at radius 2 is 1.38 bits per heavy atom. The molecular weight excluding hydrogens is 317 g/mol. The van der Waals surface area contributed by atoms with E-state index >= 15 is 0 Å². The molecule has 24 heavy (non-hydrogen) atoms. The van der Waals surface area contributed by atoms with Gasteiger partial charge in [0.2, 0.25) is 0 Å². The molecule has 0 fully saturated rings. The van der Waals surface area contributed by atoms with E-state index in [-0.39, 0.29) is 5.82 Å². The van der Waals surface area contributed by atoms with Crippen molar-refractivity contribution in [2.75, 3.05) is 0 Å². The topological polar surface area (TPSA) is 12.9 Å². The first-order valence-corrected chi connectivity index (χ1v) is 8.55. The maximum absolute atomic E-state index is 13.1. The van der Waals surface area contributed by atoms with Crippen LogP contribution in [0.3, 0.4) is 0 Å². The number of rotatable bonds is 3. The summed E-state index contributed by atoms with van der Waals surface area (Å²) >= 11 is 1.64. The Hall–Kier alpha value is -2.78. The van der Waals surface area contributed by atoms with Gasteiger partial charge in [-0.15, -0.1) is 11.3 Å². The van der Waals surface area contributed by atoms with Gasteiger partial charge in [0.1, 0.15) is 10.8 Å². The van der Waals surface area contributed by atoms with Gasteiger partial charge in [0, 0.05) is 16.5 Å². The van der Waals surface area contributed by atoms with Crippen LogP contribution < -0.4 is 0 Å². The summed E-state index contributed by atoms with van der Waals surface area (Å²) in [6.07, 6.45) is 0. The Labute approximate surface area is 144 Å². The maximum Gasteiger partial charge on any atom is 0.124 e. The lowest BCUT2D eigenvalue weighted by atomic mass is 10.0. The molecule has 0 bridgehead atoms. The number of thiazole rings is 1. The van der Waals surface area contributed by atoms with Gasteiger partial charge in [0.05, 0.1) is 5.69 Å². The lowest BCUT2D eigenvalue weighted by Gasteiger charge is -2.04. The van der Waals surface area contributed by atoms with Gasteiger partial charge in [0.25, 0.3) is 0 Å². The van der Waals surface area contributed by atoms with Crippen LogP contribution in [-0.2, 0) is 0 Å². The largest absolute Gasteiger partial charge is 0.236 e. The number of nitrogens with zero attached hydrogens (tertiary/aromatic N) is 1. The molecule has 4 rings (SSSR count). The highest BCUT2D eigenvalue weighted by atomic mass is 32.1. The first-order valence-electron chi connectivity index (χ1n) is 7.67. The van der Waals surface area contributed by atoms with Gasteiger partial charge in [-0.3, -0.25) is 0 Å². The molecule has 3 aromatic carbocycles. The molecule has 116 valence electrons. The van der Waals surface area contributed by atoms with Crippen molar-refractivity contribution in [2.45, 2.75) is 0 Å². The van der Waals surface area contributed by atoms with E-state index in [1.807, 2.05) is 30.3 Å². The van der Waals surface area contributed by atoms with Crippen LogP contribution in [-0.4, -0.2) is 4.98 Å². The number of halogens is 1. The van der Waals surface area contributed by atoms with Crippen LogP contribution in [0.25, 0.3) is 33.0 Å². The average Bonchev–Trinajstić information content (AvgIpc) is 3.13. The maximum atomic E-state index is 13.1. The standard InChI is InChI=1S/C21H14FNS/c22-19-11-9-15(10-12-19)17-7-4-8-18(13-17)20-14-24-21(23-20)16-5-2-1-3-6-16/h1-14H. The zero-order chi connectivity index (χ0) is 16.4. The molecule has 3 heteroatoms. The smallest absolute Gasteiger partial charge is 0.124 e. The molecule has 0 spiro atoms. The van der Waals surface area contributed by atoms with Crippen LogP contribution >= 0.6 is 11.3 Å². The predicted octanol–water partition coefficient (Wildman–Crippen LogP) is 6.28. The second-order valence-corrected chi connectivity index (χ2v) is 6.35. The van der Waals surface area contributed by atoms with E-state index in [1.165, 1.54) is 12.1 Å². The molecule has 0 N–H and O–H groups in total. The van der Waals surface area contributed by atoms with E-state index in [9.17, 15) is 4.39 Å². The van der Waals surface area contributed by atoms with Crippen LogP contribution in [0.2, 0.25) is 0 Å². The molecule has 0 amide bonds. The Bertz CT molecular complexity index is 959. The van der Waals surface area contributed by atoms with Gasteiger partial charge in [-0.2, -0.15) is 0 Å². The second kappa shape index (κ2) is 6.38. The number of benzene rings is 3. The van der Waals surface area contributed by atoms with Crippen molar-refractivity contribution < 1.29 is 4.39 Å². The van der Waals surface area contributed by atoms with Crippen LogP contribution in [0.15, 0.2) is 84.2 Å². The molecular formula is C21H14FNS. The summed E-state index contributed by atoms with van der Waals surface area (Å²) in [5.74, 6) is -0.220. The zero-order valence-corrected chi connectivity index (χ0v) is 13.6. The summed E-state index contributed by atoms with van der Waals surface area (Å²) in [6.45, 7) is 0. The molecule has 4 aromatic rings. The van der Waals surface area contributed by atoms with Gasteiger partial charge in [-0.25, -0.2) is 9.37 Å². The van der Waals surface area contributed by atoms with E-state index < -0.39 is 0 Å². The van der Waals surface area contributed by atoms with Crippen LogP contribution in [0.1, 0.15) is 0 Å². The van der Waals surface area contributed by atoms with Crippen LogP contribution in [0.5, 0.6) is 0 Å². The summed E-state index contributed by atoms with van der Waals surface area (Å²) in [5, 5.41) is 3.09. The second-order valence-electron chi connectivity index (χ2n) is 5.49. The molecule has 0 saturated heterocycles. The molecule has 0 aliphatic rings. The Morgan fingerprint density at radius 3 is 2.17 bits per heavy atom. The average molecular weight is 331 g/mol. The van der Waals surface area contributed by atoms with Crippen molar-refractivity contribution >= 4 is 11.3 Å². The van der Waals surface area contributed by atoms with Crippen molar-refractivity contribution in [3.63, 3.8) is 0 Å². The van der Waals surface area contributed by atoms with Crippen molar-refractivity contribution in [3.8, 4) is 33.0 Å². The van der Waals surface area contributed by atoms with Crippen molar-refractivity contribution in [3.05, 3.63) is 90.1 Å². The summed E-state index contributed by atoms with van der Waals surface area (Å²) < 4.78 is 13.1. The normalized spacial score (nSPS) is 10.7. The molecule has 1 nitrogen and oxygen atoms in total. The monoisotopic (exact) mass is 331 g/mol. The van der Waals surface area contributed by atoms with Gasteiger partial charge < -0.3 is 0 Å². The number of hydrogen-bond donors (Lipinski definition) is 0. The minimum Gasteiger partial charge on any atom is -0.236 e. The quantitative estimate of drug-likeness (QED) is 0.430. The fourth-order valence-corrected chi connectivity index (χ4v) is 3.46. The summed E-state index contributed by atoms with van der Waals surface area (Å²) in [6, 6.07) is 24.9. The molecule has 1 aromatic heterocycles. The number of hydrogen-bond acceptors (Lipinski definition) is 2. The minimum absolute atomic E-state index is 0.220. The molecule has 0 aliphatic heterocycles. The van der Waals surface area contributed by atoms with Crippen LogP contribution in [0, 0.1) is 5.82 Å². The Balaban J connectivity index is 1.69. The predicted molar refractivity (Wildman–Crippen MR) is 98.4 cm³/mol. The SMILES string of the molecule is Fc1ccc(-c2cccc(-c3csc(-c4ccccc4)n3)c2)cc1. The van der Waals surface area contributed by atoms with E-state index in [4.69, 9.17) is 4.98 Å². The van der Waals surface area contributed by atoms with Crippen molar-refractivity contribution in [2.24, 2.45) is 0 Å². The fourth-order valence-electron chi connectivity index (χ4n) is 2.62. The van der Waals surface area contributed by atoms with Gasteiger partial charge >= 0.3 is 0 Å². The van der Waals surface area contributed by atoms with Crippen molar-refractivity contribution in [1.29, 1.82) is 0 Å². The van der Waals surface area contributed by atoms with E-state index in [2.05, 4.69) is 29.6 Å². The van der Waals surface area contributed by atoms with Gasteiger partial charge in [0.15, 0.2) is 0 Å². The summed E-state index contributed by atoms with van der Waals surface area (Å²) in [4.78, 5) is 4.76. The third kappa shape index (κ3) is 2.99. The first kappa shape index (κ1) is 14.8. The lowest BCUT2D eigenvalue weighted by Crippen LogP contribution is -1.83. The summed E-state index contributed by atoms with van der Waals surface area (Å²) in [5.41, 5.74) is 5.21. The molecule has 0 unspecified atom stereocenters. The first-order chi connectivity index (χ1) is 11.8. The Morgan fingerprint density at radius 1 is 0.667 bits per heavy atom. The highest BCUT2D eigenvalue weighted by molar-refractivity contribution is 7.13.